The number of hydrogen-bond acceptors (Lipinski definition) is 4. The molecule has 0 amide bonds. The van der Waals surface area contributed by atoms with Crippen LogP contribution in [0.5, 0.6) is 5.75 Å². The van der Waals surface area contributed by atoms with Crippen LogP contribution in [-0.2, 0) is 21.1 Å². The van der Waals surface area contributed by atoms with Crippen LogP contribution in [0.4, 0.5) is 0 Å². The van der Waals surface area contributed by atoms with Gasteiger partial charge in [0.15, 0.2) is 0 Å². The number of carbonyl (C=O) groups is 1. The maximum atomic E-state index is 10.9. The van der Waals surface area contributed by atoms with E-state index in [-0.39, 0.29) is 12.2 Å². The zero-order chi connectivity index (χ0) is 13.6. The molecule has 0 bridgehead atoms. The average molecular weight is 272 g/mol. The Labute approximate surface area is 106 Å². The Kier molecular flexibility index (Phi) is 5.15. The fourth-order valence-electron chi connectivity index (χ4n) is 1.39. The standard InChI is InChI=1S/C12H16O5S/c1-18(15,16)8-2-7-17-11-5-3-10(4-6-11)9-12(13)14/h3-6H,2,7-9H2,1H3,(H,13,14). The number of ether oxygens (including phenoxy) is 1. The summed E-state index contributed by atoms with van der Waals surface area (Å²) in [6.45, 7) is 0.325. The largest absolute Gasteiger partial charge is 0.494 e. The van der Waals surface area contributed by atoms with Gasteiger partial charge in [-0.2, -0.15) is 0 Å². The molecule has 1 N–H and O–H groups in total. The third kappa shape index (κ3) is 6.24. The highest BCUT2D eigenvalue weighted by molar-refractivity contribution is 7.90. The molecule has 0 aliphatic carbocycles. The van der Waals surface area contributed by atoms with Crippen molar-refractivity contribution in [1.82, 2.24) is 0 Å². The Bertz CT molecular complexity index is 490. The maximum Gasteiger partial charge on any atom is 0.307 e. The van der Waals surface area contributed by atoms with E-state index in [0.29, 0.717) is 24.3 Å². The minimum Gasteiger partial charge on any atom is -0.494 e. The molecule has 1 aromatic carbocycles. The van der Waals surface area contributed by atoms with E-state index in [9.17, 15) is 13.2 Å². The van der Waals surface area contributed by atoms with E-state index >= 15 is 0 Å². The van der Waals surface area contributed by atoms with Crippen molar-refractivity contribution in [2.24, 2.45) is 0 Å². The lowest BCUT2D eigenvalue weighted by Crippen LogP contribution is -2.08. The zero-order valence-corrected chi connectivity index (χ0v) is 10.9. The fraction of sp³-hybridized carbons (Fsp3) is 0.417. The van der Waals surface area contributed by atoms with Crippen molar-refractivity contribution >= 4 is 15.8 Å². The Balaban J connectivity index is 2.37. The van der Waals surface area contributed by atoms with E-state index in [1.807, 2.05) is 0 Å². The predicted octanol–water partition coefficient (Wildman–Crippen LogP) is 1.13. The normalized spacial score (nSPS) is 11.2. The minimum atomic E-state index is -2.94. The van der Waals surface area contributed by atoms with Gasteiger partial charge in [0.25, 0.3) is 0 Å². The molecule has 1 rings (SSSR count). The van der Waals surface area contributed by atoms with Crippen LogP contribution in [0, 0.1) is 0 Å². The second-order valence-electron chi connectivity index (χ2n) is 4.05. The van der Waals surface area contributed by atoms with Crippen LogP contribution in [-0.4, -0.2) is 38.1 Å². The van der Waals surface area contributed by atoms with Crippen LogP contribution >= 0.6 is 0 Å². The maximum absolute atomic E-state index is 10.9. The number of benzene rings is 1. The van der Waals surface area contributed by atoms with E-state index in [4.69, 9.17) is 9.84 Å². The summed E-state index contributed by atoms with van der Waals surface area (Å²) >= 11 is 0. The number of hydrogen-bond donors (Lipinski definition) is 1. The van der Waals surface area contributed by atoms with Crippen molar-refractivity contribution in [1.29, 1.82) is 0 Å². The Morgan fingerprint density at radius 1 is 1.28 bits per heavy atom. The lowest BCUT2D eigenvalue weighted by Gasteiger charge is -2.06. The Morgan fingerprint density at radius 3 is 2.39 bits per heavy atom. The van der Waals surface area contributed by atoms with Gasteiger partial charge in [-0.15, -0.1) is 0 Å². The lowest BCUT2D eigenvalue weighted by atomic mass is 10.1. The molecule has 0 radical (unpaired) electrons. The van der Waals surface area contributed by atoms with Crippen LogP contribution in [0.2, 0.25) is 0 Å². The van der Waals surface area contributed by atoms with E-state index < -0.39 is 15.8 Å². The molecular formula is C12H16O5S. The summed E-state index contributed by atoms with van der Waals surface area (Å²) in [4.78, 5) is 10.5. The van der Waals surface area contributed by atoms with Gasteiger partial charge in [-0.05, 0) is 24.1 Å². The molecule has 0 atom stereocenters. The molecular weight excluding hydrogens is 256 g/mol. The van der Waals surface area contributed by atoms with Gasteiger partial charge in [-0.1, -0.05) is 12.1 Å². The molecule has 0 aliphatic heterocycles. The summed E-state index contributed by atoms with van der Waals surface area (Å²) in [5.41, 5.74) is 0.700. The second kappa shape index (κ2) is 6.39. The molecule has 100 valence electrons. The number of carboxylic acids is 1. The van der Waals surface area contributed by atoms with Crippen LogP contribution in [0.25, 0.3) is 0 Å². The molecule has 1 aromatic rings. The van der Waals surface area contributed by atoms with E-state index in [2.05, 4.69) is 0 Å². The molecule has 0 fully saturated rings. The SMILES string of the molecule is CS(=O)(=O)CCCOc1ccc(CC(=O)O)cc1. The molecule has 0 aromatic heterocycles. The highest BCUT2D eigenvalue weighted by atomic mass is 32.2. The molecule has 0 aliphatic rings. The van der Waals surface area contributed by atoms with E-state index in [1.165, 1.54) is 6.26 Å². The van der Waals surface area contributed by atoms with Crippen molar-refractivity contribution in [3.8, 4) is 5.75 Å². The zero-order valence-electron chi connectivity index (χ0n) is 10.1. The molecule has 0 saturated heterocycles. The summed E-state index contributed by atoms with van der Waals surface area (Å²) in [6, 6.07) is 6.72. The van der Waals surface area contributed by atoms with Gasteiger partial charge in [0.1, 0.15) is 15.6 Å². The van der Waals surface area contributed by atoms with Gasteiger partial charge < -0.3 is 9.84 Å². The Morgan fingerprint density at radius 2 is 1.89 bits per heavy atom. The first-order valence-corrected chi connectivity index (χ1v) is 7.54. The second-order valence-corrected chi connectivity index (χ2v) is 6.31. The summed E-state index contributed by atoms with van der Waals surface area (Å²) in [5, 5.41) is 8.60. The van der Waals surface area contributed by atoms with E-state index in [0.717, 1.165) is 0 Å². The Hall–Kier alpha value is -1.56. The fourth-order valence-corrected chi connectivity index (χ4v) is 2.03. The molecule has 18 heavy (non-hydrogen) atoms. The number of aliphatic carboxylic acids is 1. The van der Waals surface area contributed by atoms with Crippen LogP contribution in [0.15, 0.2) is 24.3 Å². The predicted molar refractivity (Wildman–Crippen MR) is 67.6 cm³/mol. The summed E-state index contributed by atoms with van der Waals surface area (Å²) < 4.78 is 27.1. The summed E-state index contributed by atoms with van der Waals surface area (Å²) in [6.07, 6.45) is 1.61. The van der Waals surface area contributed by atoms with Gasteiger partial charge >= 0.3 is 5.97 Å². The van der Waals surface area contributed by atoms with Crippen molar-refractivity contribution in [2.45, 2.75) is 12.8 Å². The summed E-state index contributed by atoms with van der Waals surface area (Å²) in [7, 11) is -2.94. The first kappa shape index (κ1) is 14.5. The van der Waals surface area contributed by atoms with Crippen LogP contribution in [0.3, 0.4) is 0 Å². The number of sulfone groups is 1. The average Bonchev–Trinajstić information content (AvgIpc) is 2.24. The quantitative estimate of drug-likeness (QED) is 0.752. The first-order valence-electron chi connectivity index (χ1n) is 5.48. The van der Waals surface area contributed by atoms with Gasteiger partial charge in [-0.25, -0.2) is 8.42 Å². The highest BCUT2D eigenvalue weighted by Gasteiger charge is 2.03. The van der Waals surface area contributed by atoms with Crippen molar-refractivity contribution < 1.29 is 23.1 Å². The van der Waals surface area contributed by atoms with Crippen LogP contribution in [0.1, 0.15) is 12.0 Å². The van der Waals surface area contributed by atoms with Gasteiger partial charge in [0, 0.05) is 6.26 Å². The third-order valence-electron chi connectivity index (χ3n) is 2.21. The van der Waals surface area contributed by atoms with Crippen molar-refractivity contribution in [3.05, 3.63) is 29.8 Å². The van der Waals surface area contributed by atoms with Gasteiger partial charge in [-0.3, -0.25) is 4.79 Å². The third-order valence-corrected chi connectivity index (χ3v) is 3.24. The van der Waals surface area contributed by atoms with Gasteiger partial charge in [0.2, 0.25) is 0 Å². The smallest absolute Gasteiger partial charge is 0.307 e. The molecule has 0 spiro atoms. The molecule has 5 nitrogen and oxygen atoms in total. The molecule has 0 heterocycles. The number of carboxylic acid groups (broad SMARTS) is 1. The molecule has 0 unspecified atom stereocenters. The summed E-state index contributed by atoms with van der Waals surface area (Å²) in [5.74, 6) is -0.168. The highest BCUT2D eigenvalue weighted by Crippen LogP contribution is 2.12. The van der Waals surface area contributed by atoms with Crippen molar-refractivity contribution in [2.75, 3.05) is 18.6 Å². The topological polar surface area (TPSA) is 80.7 Å². The van der Waals surface area contributed by atoms with Gasteiger partial charge in [0.05, 0.1) is 18.8 Å². The lowest BCUT2D eigenvalue weighted by molar-refractivity contribution is -0.136. The number of rotatable bonds is 7. The van der Waals surface area contributed by atoms with Crippen LogP contribution < -0.4 is 4.74 Å². The molecule has 0 saturated carbocycles. The van der Waals surface area contributed by atoms with Crippen molar-refractivity contribution in [3.63, 3.8) is 0 Å². The first-order chi connectivity index (χ1) is 8.37. The molecule has 6 heteroatoms. The minimum absolute atomic E-state index is 0.0195. The monoisotopic (exact) mass is 272 g/mol. The van der Waals surface area contributed by atoms with E-state index in [1.54, 1.807) is 24.3 Å².